The highest BCUT2D eigenvalue weighted by molar-refractivity contribution is 5.37. The normalized spacial score (nSPS) is 10.4. The molecule has 2 nitrogen and oxygen atoms in total. The van der Waals surface area contributed by atoms with Crippen LogP contribution in [0.2, 0.25) is 0 Å². The molecule has 0 bridgehead atoms. The van der Waals surface area contributed by atoms with Gasteiger partial charge in [0.2, 0.25) is 0 Å². The molecule has 0 atom stereocenters. The number of nitrogens with zero attached hydrogens (tertiary/aromatic N) is 1. The van der Waals surface area contributed by atoms with Crippen molar-refractivity contribution in [3.05, 3.63) is 35.1 Å². The van der Waals surface area contributed by atoms with Gasteiger partial charge < -0.3 is 10.6 Å². The van der Waals surface area contributed by atoms with Crippen LogP contribution >= 0.6 is 0 Å². The van der Waals surface area contributed by atoms with Crippen molar-refractivity contribution < 1.29 is 4.39 Å². The zero-order valence-electron chi connectivity index (χ0n) is 11.9. The number of halogens is 1. The van der Waals surface area contributed by atoms with E-state index in [0.717, 1.165) is 18.7 Å². The Bertz CT molecular complexity index is 446. The number of hydrogen-bond donors (Lipinski definition) is 1. The maximum atomic E-state index is 13.5. The summed E-state index contributed by atoms with van der Waals surface area (Å²) in [6, 6.07) is 4.95. The molecule has 1 aromatic rings. The third-order valence-corrected chi connectivity index (χ3v) is 2.89. The van der Waals surface area contributed by atoms with Crippen molar-refractivity contribution in [2.24, 2.45) is 5.73 Å². The minimum absolute atomic E-state index is 0.235. The molecule has 0 amide bonds. The minimum Gasteiger partial charge on any atom is -0.320 e. The SMILES string of the molecule is CCCCCN(C)Cc1cc(F)cc(C#CCN)c1. The lowest BCUT2D eigenvalue weighted by Crippen LogP contribution is -2.19. The van der Waals surface area contributed by atoms with E-state index in [1.807, 2.05) is 6.07 Å². The summed E-state index contributed by atoms with van der Waals surface area (Å²) in [5.41, 5.74) is 6.98. The van der Waals surface area contributed by atoms with Gasteiger partial charge in [0.25, 0.3) is 0 Å². The first-order valence-corrected chi connectivity index (χ1v) is 6.82. The molecule has 3 heteroatoms. The standard InChI is InChI=1S/C16H23FN2/c1-3-4-5-9-19(2)13-15-10-14(7-6-8-18)11-16(17)12-15/h10-12H,3-5,8-9,13,18H2,1-2H3. The highest BCUT2D eigenvalue weighted by atomic mass is 19.1. The summed E-state index contributed by atoms with van der Waals surface area (Å²) in [5, 5.41) is 0. The first-order chi connectivity index (χ1) is 9.15. The van der Waals surface area contributed by atoms with E-state index >= 15 is 0 Å². The summed E-state index contributed by atoms with van der Waals surface area (Å²) >= 11 is 0. The molecular weight excluding hydrogens is 239 g/mol. The van der Waals surface area contributed by atoms with Crippen LogP contribution in [0.15, 0.2) is 18.2 Å². The van der Waals surface area contributed by atoms with Crippen molar-refractivity contribution in [2.45, 2.75) is 32.7 Å². The van der Waals surface area contributed by atoms with E-state index in [-0.39, 0.29) is 5.82 Å². The molecule has 0 spiro atoms. The fourth-order valence-electron chi connectivity index (χ4n) is 1.99. The predicted molar refractivity (Wildman–Crippen MR) is 78.2 cm³/mol. The Hall–Kier alpha value is -1.37. The molecule has 0 saturated carbocycles. The molecule has 0 saturated heterocycles. The number of unbranched alkanes of at least 4 members (excludes halogenated alkanes) is 2. The predicted octanol–water partition coefficient (Wildman–Crippen LogP) is 2.76. The van der Waals surface area contributed by atoms with E-state index in [2.05, 4.69) is 30.7 Å². The summed E-state index contributed by atoms with van der Waals surface area (Å²) in [6.45, 7) is 4.27. The lowest BCUT2D eigenvalue weighted by Gasteiger charge is -2.16. The fraction of sp³-hybridized carbons (Fsp3) is 0.500. The largest absolute Gasteiger partial charge is 0.320 e. The van der Waals surface area contributed by atoms with Crippen LogP contribution < -0.4 is 5.73 Å². The van der Waals surface area contributed by atoms with E-state index in [9.17, 15) is 4.39 Å². The molecule has 104 valence electrons. The molecule has 2 N–H and O–H groups in total. The Balaban J connectivity index is 2.64. The topological polar surface area (TPSA) is 29.3 Å². The van der Waals surface area contributed by atoms with Gasteiger partial charge in [-0.1, -0.05) is 31.6 Å². The van der Waals surface area contributed by atoms with Crippen molar-refractivity contribution in [1.82, 2.24) is 4.90 Å². The lowest BCUT2D eigenvalue weighted by atomic mass is 10.1. The van der Waals surface area contributed by atoms with Gasteiger partial charge in [-0.25, -0.2) is 4.39 Å². The Morgan fingerprint density at radius 3 is 2.74 bits per heavy atom. The van der Waals surface area contributed by atoms with Crippen LogP contribution in [0.1, 0.15) is 37.3 Å². The van der Waals surface area contributed by atoms with Gasteiger partial charge in [-0.3, -0.25) is 0 Å². The first kappa shape index (κ1) is 15.7. The van der Waals surface area contributed by atoms with Crippen molar-refractivity contribution >= 4 is 0 Å². The average Bonchev–Trinajstić information content (AvgIpc) is 2.36. The van der Waals surface area contributed by atoms with Crippen molar-refractivity contribution in [3.8, 4) is 11.8 Å². The minimum atomic E-state index is -0.235. The lowest BCUT2D eigenvalue weighted by molar-refractivity contribution is 0.317. The highest BCUT2D eigenvalue weighted by Gasteiger charge is 2.03. The summed E-state index contributed by atoms with van der Waals surface area (Å²) in [7, 11) is 2.06. The Morgan fingerprint density at radius 2 is 2.05 bits per heavy atom. The molecule has 19 heavy (non-hydrogen) atoms. The molecule has 0 aliphatic rings. The smallest absolute Gasteiger partial charge is 0.124 e. The number of nitrogens with two attached hydrogens (primary N) is 1. The maximum Gasteiger partial charge on any atom is 0.124 e. The maximum absolute atomic E-state index is 13.5. The van der Waals surface area contributed by atoms with Gasteiger partial charge in [0.15, 0.2) is 0 Å². The van der Waals surface area contributed by atoms with Gasteiger partial charge in [-0.05, 0) is 43.8 Å². The molecule has 0 aromatic heterocycles. The second-order valence-corrected chi connectivity index (χ2v) is 4.80. The van der Waals surface area contributed by atoms with E-state index in [0.29, 0.717) is 12.1 Å². The van der Waals surface area contributed by atoms with E-state index < -0.39 is 0 Å². The molecule has 1 aromatic carbocycles. The van der Waals surface area contributed by atoms with Gasteiger partial charge in [-0.15, -0.1) is 0 Å². The third kappa shape index (κ3) is 6.37. The summed E-state index contributed by atoms with van der Waals surface area (Å²) < 4.78 is 13.5. The molecule has 0 radical (unpaired) electrons. The number of hydrogen-bond acceptors (Lipinski definition) is 2. The van der Waals surface area contributed by atoms with Crippen LogP contribution in [0.25, 0.3) is 0 Å². The number of rotatable bonds is 6. The summed E-state index contributed by atoms with van der Waals surface area (Å²) in [4.78, 5) is 2.21. The molecule has 1 rings (SSSR count). The van der Waals surface area contributed by atoms with Crippen molar-refractivity contribution in [3.63, 3.8) is 0 Å². The quantitative estimate of drug-likeness (QED) is 0.631. The number of benzene rings is 1. The molecule has 0 fully saturated rings. The van der Waals surface area contributed by atoms with Gasteiger partial charge in [0.05, 0.1) is 6.54 Å². The van der Waals surface area contributed by atoms with E-state index in [1.165, 1.54) is 25.3 Å². The third-order valence-electron chi connectivity index (χ3n) is 2.89. The zero-order chi connectivity index (χ0) is 14.1. The van der Waals surface area contributed by atoms with Gasteiger partial charge in [0.1, 0.15) is 5.82 Å². The Labute approximate surface area is 115 Å². The Kier molecular flexibility index (Phi) is 7.17. The zero-order valence-corrected chi connectivity index (χ0v) is 11.9. The second kappa shape index (κ2) is 8.68. The van der Waals surface area contributed by atoms with Gasteiger partial charge in [0, 0.05) is 12.1 Å². The van der Waals surface area contributed by atoms with Crippen LogP contribution in [0, 0.1) is 17.7 Å². The molecule has 0 aliphatic heterocycles. The van der Waals surface area contributed by atoms with E-state index in [1.54, 1.807) is 6.07 Å². The second-order valence-electron chi connectivity index (χ2n) is 4.80. The highest BCUT2D eigenvalue weighted by Crippen LogP contribution is 2.11. The van der Waals surface area contributed by atoms with Crippen LogP contribution in [0.3, 0.4) is 0 Å². The Morgan fingerprint density at radius 1 is 1.26 bits per heavy atom. The monoisotopic (exact) mass is 262 g/mol. The van der Waals surface area contributed by atoms with Gasteiger partial charge in [-0.2, -0.15) is 0 Å². The van der Waals surface area contributed by atoms with E-state index in [4.69, 9.17) is 5.73 Å². The molecular formula is C16H23FN2. The van der Waals surface area contributed by atoms with Crippen molar-refractivity contribution in [2.75, 3.05) is 20.1 Å². The fourth-order valence-corrected chi connectivity index (χ4v) is 1.99. The van der Waals surface area contributed by atoms with Crippen molar-refractivity contribution in [1.29, 1.82) is 0 Å². The summed E-state index contributed by atoms with van der Waals surface area (Å²) in [5.74, 6) is 5.39. The average molecular weight is 262 g/mol. The van der Waals surface area contributed by atoms with Crippen LogP contribution in [0.5, 0.6) is 0 Å². The summed E-state index contributed by atoms with van der Waals surface area (Å²) in [6.07, 6.45) is 3.63. The van der Waals surface area contributed by atoms with Crippen LogP contribution in [-0.4, -0.2) is 25.0 Å². The molecule has 0 unspecified atom stereocenters. The first-order valence-electron chi connectivity index (χ1n) is 6.82. The van der Waals surface area contributed by atoms with Gasteiger partial charge >= 0.3 is 0 Å². The molecule has 0 heterocycles. The molecule has 0 aliphatic carbocycles. The van der Waals surface area contributed by atoms with Crippen LogP contribution in [-0.2, 0) is 6.54 Å². The van der Waals surface area contributed by atoms with Crippen LogP contribution in [0.4, 0.5) is 4.39 Å².